The number of unbranched alkanes of at least 4 members (excludes halogenated alkanes) is 9. The van der Waals surface area contributed by atoms with Gasteiger partial charge in [-0.1, -0.05) is 82.9 Å². The van der Waals surface area contributed by atoms with Crippen molar-refractivity contribution in [2.75, 3.05) is 0 Å². The molecule has 0 fully saturated rings. The summed E-state index contributed by atoms with van der Waals surface area (Å²) in [4.78, 5) is 0. The van der Waals surface area contributed by atoms with Gasteiger partial charge < -0.3 is 5.11 Å². The summed E-state index contributed by atoms with van der Waals surface area (Å²) < 4.78 is 0. The third kappa shape index (κ3) is 7.68. The fourth-order valence-corrected chi connectivity index (χ4v) is 3.04. The van der Waals surface area contributed by atoms with Crippen molar-refractivity contribution in [3.05, 3.63) is 42.0 Å². The van der Waals surface area contributed by atoms with Crippen LogP contribution in [0.5, 0.6) is 5.75 Å². The van der Waals surface area contributed by atoms with E-state index >= 15 is 0 Å². The standard InChI is InChI=1S/C21H34O/c1-3-5-6-7-8-9-10-11-12-13-16-19-17-14-18-21(22)20(19)15-4-2/h4,14,17-18,22H,2-3,5-13,15-16H2,1H3. The normalized spacial score (nSPS) is 10.8. The van der Waals surface area contributed by atoms with Crippen molar-refractivity contribution < 1.29 is 5.11 Å². The summed E-state index contributed by atoms with van der Waals surface area (Å²) in [7, 11) is 0. The quantitative estimate of drug-likeness (QED) is 0.322. The van der Waals surface area contributed by atoms with E-state index in [1.54, 1.807) is 6.07 Å². The number of hydrogen-bond donors (Lipinski definition) is 1. The first-order chi connectivity index (χ1) is 10.8. The first-order valence-corrected chi connectivity index (χ1v) is 9.20. The molecule has 0 heterocycles. The molecule has 0 unspecified atom stereocenters. The summed E-state index contributed by atoms with van der Waals surface area (Å²) in [6.45, 7) is 6.05. The van der Waals surface area contributed by atoms with E-state index in [-0.39, 0.29) is 0 Å². The van der Waals surface area contributed by atoms with Crippen LogP contribution in [0.4, 0.5) is 0 Å². The van der Waals surface area contributed by atoms with Gasteiger partial charge in [0.1, 0.15) is 5.75 Å². The molecule has 0 bridgehead atoms. The molecule has 0 amide bonds. The Bertz CT molecular complexity index is 408. The first-order valence-electron chi connectivity index (χ1n) is 9.20. The Morgan fingerprint density at radius 1 is 0.909 bits per heavy atom. The van der Waals surface area contributed by atoms with Gasteiger partial charge in [0.2, 0.25) is 0 Å². The number of phenolic OH excluding ortho intramolecular Hbond substituents is 1. The van der Waals surface area contributed by atoms with Crippen molar-refractivity contribution in [1.29, 1.82) is 0 Å². The zero-order valence-corrected chi connectivity index (χ0v) is 14.4. The van der Waals surface area contributed by atoms with Gasteiger partial charge in [-0.15, -0.1) is 6.58 Å². The number of benzene rings is 1. The number of phenols is 1. The van der Waals surface area contributed by atoms with Crippen LogP contribution in [-0.2, 0) is 12.8 Å². The molecule has 124 valence electrons. The molecule has 0 aliphatic carbocycles. The molecule has 1 aromatic carbocycles. The maximum Gasteiger partial charge on any atom is 0.119 e. The molecule has 1 nitrogen and oxygen atoms in total. The molecule has 0 aromatic heterocycles. The molecule has 22 heavy (non-hydrogen) atoms. The predicted octanol–water partition coefficient (Wildman–Crippen LogP) is 6.58. The minimum atomic E-state index is 0.421. The third-order valence-corrected chi connectivity index (χ3v) is 4.40. The zero-order chi connectivity index (χ0) is 16.0. The Morgan fingerprint density at radius 2 is 1.50 bits per heavy atom. The molecule has 0 aliphatic rings. The Kier molecular flexibility index (Phi) is 10.5. The van der Waals surface area contributed by atoms with Crippen molar-refractivity contribution in [2.24, 2.45) is 0 Å². The fourth-order valence-electron chi connectivity index (χ4n) is 3.04. The van der Waals surface area contributed by atoms with Crippen LogP contribution in [0.2, 0.25) is 0 Å². The number of rotatable bonds is 13. The lowest BCUT2D eigenvalue weighted by Gasteiger charge is -2.10. The van der Waals surface area contributed by atoms with Gasteiger partial charge in [-0.3, -0.25) is 0 Å². The second kappa shape index (κ2) is 12.3. The van der Waals surface area contributed by atoms with Gasteiger partial charge in [0, 0.05) is 5.56 Å². The zero-order valence-electron chi connectivity index (χ0n) is 14.4. The maximum atomic E-state index is 9.94. The van der Waals surface area contributed by atoms with Gasteiger partial charge >= 0.3 is 0 Å². The molecule has 0 saturated carbocycles. The van der Waals surface area contributed by atoms with E-state index in [1.165, 1.54) is 69.8 Å². The summed E-state index contributed by atoms with van der Waals surface area (Å²) in [6.07, 6.45) is 17.4. The molecular weight excluding hydrogens is 268 g/mol. The van der Waals surface area contributed by atoms with Crippen LogP contribution in [-0.4, -0.2) is 5.11 Å². The Hall–Kier alpha value is -1.24. The van der Waals surface area contributed by atoms with Gasteiger partial charge in [0.15, 0.2) is 0 Å². The highest BCUT2D eigenvalue weighted by Crippen LogP contribution is 2.23. The van der Waals surface area contributed by atoms with Crippen molar-refractivity contribution in [2.45, 2.75) is 84.0 Å². The highest BCUT2D eigenvalue weighted by atomic mass is 16.3. The van der Waals surface area contributed by atoms with E-state index in [4.69, 9.17) is 0 Å². The van der Waals surface area contributed by atoms with E-state index in [1.807, 2.05) is 12.1 Å². The summed E-state index contributed by atoms with van der Waals surface area (Å²) in [5.41, 5.74) is 2.35. The number of allylic oxidation sites excluding steroid dienone is 1. The molecule has 0 radical (unpaired) electrons. The van der Waals surface area contributed by atoms with Crippen LogP contribution in [0.3, 0.4) is 0 Å². The van der Waals surface area contributed by atoms with Crippen LogP contribution in [0.25, 0.3) is 0 Å². The molecule has 1 N–H and O–H groups in total. The van der Waals surface area contributed by atoms with Crippen LogP contribution in [0.15, 0.2) is 30.9 Å². The van der Waals surface area contributed by atoms with E-state index in [0.29, 0.717) is 5.75 Å². The molecule has 0 spiro atoms. The summed E-state index contributed by atoms with van der Waals surface area (Å²) in [6, 6.07) is 5.88. The van der Waals surface area contributed by atoms with Crippen LogP contribution in [0.1, 0.15) is 82.3 Å². The molecule has 1 rings (SSSR count). The van der Waals surface area contributed by atoms with E-state index in [0.717, 1.165) is 18.4 Å². The summed E-state index contributed by atoms with van der Waals surface area (Å²) in [5, 5.41) is 9.94. The minimum absolute atomic E-state index is 0.421. The Morgan fingerprint density at radius 3 is 2.09 bits per heavy atom. The first kappa shape index (κ1) is 18.8. The van der Waals surface area contributed by atoms with Gasteiger partial charge in [0.25, 0.3) is 0 Å². The molecule has 1 heteroatoms. The molecule has 1 aromatic rings. The second-order valence-corrected chi connectivity index (χ2v) is 6.34. The highest BCUT2D eigenvalue weighted by Gasteiger charge is 2.05. The average molecular weight is 303 g/mol. The lowest BCUT2D eigenvalue weighted by molar-refractivity contribution is 0.468. The lowest BCUT2D eigenvalue weighted by atomic mass is 9.97. The summed E-state index contributed by atoms with van der Waals surface area (Å²) >= 11 is 0. The predicted molar refractivity (Wildman–Crippen MR) is 97.6 cm³/mol. The lowest BCUT2D eigenvalue weighted by Crippen LogP contribution is -1.94. The molecule has 0 atom stereocenters. The van der Waals surface area contributed by atoms with Gasteiger partial charge in [-0.25, -0.2) is 0 Å². The number of aromatic hydroxyl groups is 1. The fraction of sp³-hybridized carbons (Fsp3) is 0.619. The van der Waals surface area contributed by atoms with Crippen molar-refractivity contribution >= 4 is 0 Å². The monoisotopic (exact) mass is 302 g/mol. The van der Waals surface area contributed by atoms with Crippen LogP contribution < -0.4 is 0 Å². The second-order valence-electron chi connectivity index (χ2n) is 6.34. The Labute approximate surface area is 137 Å². The van der Waals surface area contributed by atoms with Gasteiger partial charge in [0.05, 0.1) is 0 Å². The highest BCUT2D eigenvalue weighted by molar-refractivity contribution is 5.40. The van der Waals surface area contributed by atoms with Crippen LogP contribution in [0, 0.1) is 0 Å². The van der Waals surface area contributed by atoms with Crippen LogP contribution >= 0.6 is 0 Å². The SMILES string of the molecule is C=CCc1c(O)cccc1CCCCCCCCCCCC. The minimum Gasteiger partial charge on any atom is -0.508 e. The third-order valence-electron chi connectivity index (χ3n) is 4.40. The molecule has 0 saturated heterocycles. The van der Waals surface area contributed by atoms with Crippen molar-refractivity contribution in [1.82, 2.24) is 0 Å². The van der Waals surface area contributed by atoms with E-state index in [2.05, 4.69) is 19.6 Å². The van der Waals surface area contributed by atoms with Crippen molar-refractivity contribution in [3.8, 4) is 5.75 Å². The van der Waals surface area contributed by atoms with Crippen molar-refractivity contribution in [3.63, 3.8) is 0 Å². The van der Waals surface area contributed by atoms with Gasteiger partial charge in [-0.05, 0) is 30.9 Å². The number of aryl methyl sites for hydroxylation is 1. The molecule has 0 aliphatic heterocycles. The number of hydrogen-bond acceptors (Lipinski definition) is 1. The average Bonchev–Trinajstić information content (AvgIpc) is 2.52. The smallest absolute Gasteiger partial charge is 0.119 e. The van der Waals surface area contributed by atoms with E-state index < -0.39 is 0 Å². The topological polar surface area (TPSA) is 20.2 Å². The van der Waals surface area contributed by atoms with Gasteiger partial charge in [-0.2, -0.15) is 0 Å². The Balaban J connectivity index is 2.12. The molecular formula is C21H34O. The maximum absolute atomic E-state index is 9.94. The largest absolute Gasteiger partial charge is 0.508 e. The van der Waals surface area contributed by atoms with E-state index in [9.17, 15) is 5.11 Å². The summed E-state index contributed by atoms with van der Waals surface area (Å²) in [5.74, 6) is 0.421.